The Morgan fingerprint density at radius 3 is 2.78 bits per heavy atom. The molecule has 3 rings (SSSR count). The van der Waals surface area contributed by atoms with Crippen molar-refractivity contribution >= 4 is 22.6 Å². The molecule has 1 aliphatic carbocycles. The average Bonchev–Trinajstić information content (AvgIpc) is 2.99. The molecule has 7 heteroatoms. The predicted octanol–water partition coefficient (Wildman–Crippen LogP) is 2.76. The van der Waals surface area contributed by atoms with Crippen molar-refractivity contribution in [3.8, 4) is 0 Å². The van der Waals surface area contributed by atoms with E-state index in [9.17, 15) is 9.00 Å². The molecule has 0 spiro atoms. The van der Waals surface area contributed by atoms with Crippen LogP contribution in [0, 0.1) is 0 Å². The Balaban J connectivity index is 1.67. The fraction of sp³-hybridized carbons (Fsp3) is 0.750. The molecule has 6 nitrogen and oxygen atoms in total. The fourth-order valence-corrected chi connectivity index (χ4v) is 4.71. The smallest absolute Gasteiger partial charge is 0.322 e. The molecule has 1 aromatic heterocycles. The third-order valence-electron chi connectivity index (χ3n) is 4.85. The number of amides is 2. The molecule has 1 unspecified atom stereocenters. The number of nitrogens with one attached hydrogen (secondary N) is 1. The van der Waals surface area contributed by atoms with Crippen LogP contribution in [0.5, 0.6) is 0 Å². The number of aromatic nitrogens is 2. The van der Waals surface area contributed by atoms with Gasteiger partial charge in [-0.15, -0.1) is 0 Å². The van der Waals surface area contributed by atoms with Crippen LogP contribution < -0.4 is 5.32 Å². The van der Waals surface area contributed by atoms with Crippen LogP contribution >= 0.6 is 0 Å². The highest BCUT2D eigenvalue weighted by Crippen LogP contribution is 2.30. The van der Waals surface area contributed by atoms with Gasteiger partial charge in [0.1, 0.15) is 5.82 Å². The predicted molar refractivity (Wildman–Crippen MR) is 92.0 cm³/mol. The van der Waals surface area contributed by atoms with Gasteiger partial charge in [-0.05, 0) is 26.7 Å². The number of carbonyl (C=O) groups is 1. The minimum absolute atomic E-state index is 0.118. The SMILES string of the molecule is CC1(C)CN(C(=O)Nc2ccnn2C2CCCCC2)CCS1=O. The molecular formula is C16H26N4O2S. The van der Waals surface area contributed by atoms with E-state index in [4.69, 9.17) is 0 Å². The van der Waals surface area contributed by atoms with Crippen molar-refractivity contribution in [1.82, 2.24) is 14.7 Å². The molecular weight excluding hydrogens is 312 g/mol. The molecule has 2 aliphatic rings. The molecule has 0 radical (unpaired) electrons. The first-order valence-electron chi connectivity index (χ1n) is 8.45. The second-order valence-corrected chi connectivity index (χ2v) is 9.32. The number of urea groups is 1. The quantitative estimate of drug-likeness (QED) is 0.901. The molecule has 0 bridgehead atoms. The zero-order valence-corrected chi connectivity index (χ0v) is 14.8. The van der Waals surface area contributed by atoms with Crippen LogP contribution in [0.2, 0.25) is 0 Å². The summed E-state index contributed by atoms with van der Waals surface area (Å²) in [5, 5.41) is 7.41. The molecule has 1 saturated heterocycles. The van der Waals surface area contributed by atoms with Crippen LogP contribution in [0.25, 0.3) is 0 Å². The Kier molecular flexibility index (Phi) is 4.75. The Hall–Kier alpha value is -1.37. The van der Waals surface area contributed by atoms with Crippen LogP contribution in [0.3, 0.4) is 0 Å². The van der Waals surface area contributed by atoms with Crippen molar-refractivity contribution in [2.45, 2.75) is 56.7 Å². The summed E-state index contributed by atoms with van der Waals surface area (Å²) in [6.07, 6.45) is 7.74. The van der Waals surface area contributed by atoms with Gasteiger partial charge in [-0.2, -0.15) is 5.10 Å². The molecule has 2 fully saturated rings. The minimum Gasteiger partial charge on any atom is -0.322 e. The Bertz CT molecular complexity index is 593. The summed E-state index contributed by atoms with van der Waals surface area (Å²) in [5.74, 6) is 1.31. The number of nitrogens with zero attached hydrogens (tertiary/aromatic N) is 3. The molecule has 128 valence electrons. The minimum atomic E-state index is -0.874. The molecule has 1 aromatic rings. The van der Waals surface area contributed by atoms with E-state index in [0.29, 0.717) is 24.9 Å². The first kappa shape index (κ1) is 16.5. The van der Waals surface area contributed by atoms with Crippen molar-refractivity contribution in [3.63, 3.8) is 0 Å². The van der Waals surface area contributed by atoms with Gasteiger partial charge < -0.3 is 4.90 Å². The summed E-state index contributed by atoms with van der Waals surface area (Å²) < 4.78 is 13.6. The van der Waals surface area contributed by atoms with Crippen LogP contribution in [0.4, 0.5) is 10.6 Å². The van der Waals surface area contributed by atoms with E-state index >= 15 is 0 Å². The standard InChI is InChI=1S/C16H26N4O2S/c1-16(2)12-19(10-11-23(16)22)15(21)18-14-8-9-17-20(14)13-6-4-3-5-7-13/h8-9,13H,3-7,10-12H2,1-2H3,(H,18,21). The van der Waals surface area contributed by atoms with E-state index in [1.165, 1.54) is 19.3 Å². The van der Waals surface area contributed by atoms with Gasteiger partial charge in [-0.1, -0.05) is 19.3 Å². The molecule has 1 aliphatic heterocycles. The Morgan fingerprint density at radius 1 is 1.35 bits per heavy atom. The average molecular weight is 338 g/mol. The monoisotopic (exact) mass is 338 g/mol. The molecule has 1 N–H and O–H groups in total. The van der Waals surface area contributed by atoms with E-state index in [2.05, 4.69) is 10.4 Å². The lowest BCUT2D eigenvalue weighted by Gasteiger charge is -2.37. The maximum absolute atomic E-state index is 12.6. The van der Waals surface area contributed by atoms with Crippen molar-refractivity contribution in [2.75, 3.05) is 24.2 Å². The van der Waals surface area contributed by atoms with Gasteiger partial charge in [0.05, 0.1) is 17.0 Å². The van der Waals surface area contributed by atoms with Crippen molar-refractivity contribution in [1.29, 1.82) is 0 Å². The first-order chi connectivity index (χ1) is 11.0. The first-order valence-corrected chi connectivity index (χ1v) is 9.77. The molecule has 2 amide bonds. The van der Waals surface area contributed by atoms with Crippen LogP contribution in [-0.4, -0.2) is 48.5 Å². The maximum atomic E-state index is 12.6. The summed E-state index contributed by atoms with van der Waals surface area (Å²) in [6.45, 7) is 4.96. The molecule has 1 atom stereocenters. The lowest BCUT2D eigenvalue weighted by atomic mass is 9.96. The highest BCUT2D eigenvalue weighted by atomic mass is 32.2. The van der Waals surface area contributed by atoms with Gasteiger partial charge >= 0.3 is 6.03 Å². The van der Waals surface area contributed by atoms with E-state index in [1.807, 2.05) is 24.6 Å². The topological polar surface area (TPSA) is 67.2 Å². The lowest BCUT2D eigenvalue weighted by molar-refractivity contribution is 0.207. The number of anilines is 1. The van der Waals surface area contributed by atoms with E-state index < -0.39 is 10.8 Å². The van der Waals surface area contributed by atoms with Crippen molar-refractivity contribution in [2.24, 2.45) is 0 Å². The normalized spacial score (nSPS) is 25.3. The number of carbonyl (C=O) groups excluding carboxylic acids is 1. The second kappa shape index (κ2) is 6.63. The third kappa shape index (κ3) is 3.59. The highest BCUT2D eigenvalue weighted by Gasteiger charge is 2.35. The van der Waals surface area contributed by atoms with Crippen molar-refractivity contribution < 1.29 is 9.00 Å². The Morgan fingerprint density at radius 2 is 2.09 bits per heavy atom. The largest absolute Gasteiger partial charge is 0.323 e. The summed E-state index contributed by atoms with van der Waals surface area (Å²) >= 11 is 0. The van der Waals surface area contributed by atoms with Gasteiger partial charge in [0.25, 0.3) is 0 Å². The van der Waals surface area contributed by atoms with Gasteiger partial charge in [-0.3, -0.25) is 9.53 Å². The maximum Gasteiger partial charge on any atom is 0.323 e. The van der Waals surface area contributed by atoms with Crippen molar-refractivity contribution in [3.05, 3.63) is 12.3 Å². The number of hydrogen-bond acceptors (Lipinski definition) is 3. The van der Waals surface area contributed by atoms with E-state index in [0.717, 1.165) is 18.7 Å². The fourth-order valence-electron chi connectivity index (χ4n) is 3.47. The van der Waals surface area contributed by atoms with E-state index in [1.54, 1.807) is 11.1 Å². The summed E-state index contributed by atoms with van der Waals surface area (Å²) in [6, 6.07) is 2.13. The van der Waals surface area contributed by atoms with Crippen LogP contribution in [-0.2, 0) is 10.8 Å². The van der Waals surface area contributed by atoms with Gasteiger partial charge in [0, 0.05) is 35.7 Å². The second-order valence-electron chi connectivity index (χ2n) is 7.11. The highest BCUT2D eigenvalue weighted by molar-refractivity contribution is 7.86. The zero-order valence-electron chi connectivity index (χ0n) is 14.0. The number of rotatable bonds is 2. The molecule has 23 heavy (non-hydrogen) atoms. The Labute approximate surface area is 140 Å². The molecule has 0 aromatic carbocycles. The van der Waals surface area contributed by atoms with Crippen LogP contribution in [0.1, 0.15) is 52.0 Å². The van der Waals surface area contributed by atoms with Gasteiger partial charge in [-0.25, -0.2) is 9.48 Å². The lowest BCUT2D eigenvalue weighted by Crippen LogP contribution is -2.53. The number of hydrogen-bond donors (Lipinski definition) is 1. The summed E-state index contributed by atoms with van der Waals surface area (Å²) in [4.78, 5) is 14.3. The zero-order chi connectivity index (χ0) is 16.4. The summed E-state index contributed by atoms with van der Waals surface area (Å²) in [5.41, 5.74) is 0. The van der Waals surface area contributed by atoms with Crippen LogP contribution in [0.15, 0.2) is 12.3 Å². The van der Waals surface area contributed by atoms with Gasteiger partial charge in [0.2, 0.25) is 0 Å². The molecule has 1 saturated carbocycles. The third-order valence-corrected chi connectivity index (χ3v) is 6.76. The molecule has 2 heterocycles. The van der Waals surface area contributed by atoms with Gasteiger partial charge in [0.15, 0.2) is 0 Å². The summed E-state index contributed by atoms with van der Waals surface area (Å²) in [7, 11) is -0.874. The van der Waals surface area contributed by atoms with E-state index in [-0.39, 0.29) is 10.8 Å².